The minimum absolute atomic E-state index is 0.836. The third-order valence-electron chi connectivity index (χ3n) is 3.32. The lowest BCUT2D eigenvalue weighted by Crippen LogP contribution is -2.08. The molecule has 1 heterocycles. The molecule has 1 aromatic heterocycles. The Morgan fingerprint density at radius 3 is 2.26 bits per heavy atom. The summed E-state index contributed by atoms with van der Waals surface area (Å²) in [5.74, 6) is 0.836. The van der Waals surface area contributed by atoms with Crippen molar-refractivity contribution in [2.45, 2.75) is 0 Å². The maximum Gasteiger partial charge on any atom is 0.121 e. The van der Waals surface area contributed by atoms with Gasteiger partial charge in [0.1, 0.15) is 5.75 Å². The Labute approximate surface area is 112 Å². The zero-order valence-corrected chi connectivity index (χ0v) is 11.3. The van der Waals surface area contributed by atoms with Crippen molar-refractivity contribution < 1.29 is 4.74 Å². The number of hydrogen-bond acceptors (Lipinski definition) is 3. The third-order valence-corrected chi connectivity index (χ3v) is 3.32. The molecule has 0 saturated carbocycles. The molecule has 0 aliphatic carbocycles. The first-order valence-electron chi connectivity index (χ1n) is 6.23. The van der Waals surface area contributed by atoms with Crippen LogP contribution in [0.2, 0.25) is 0 Å². The molecule has 0 amide bonds. The molecule has 0 fully saturated rings. The van der Waals surface area contributed by atoms with E-state index < -0.39 is 0 Å². The standard InChI is InChI=1S/C16H16N2O/c1-18(2)13-6-4-11-8-12-5-7-14(19-3)10-16(12)17-15(11)9-13/h4-10H,1-3H3. The van der Waals surface area contributed by atoms with E-state index in [1.807, 2.05) is 32.3 Å². The van der Waals surface area contributed by atoms with Crippen LogP contribution in [0.1, 0.15) is 0 Å². The van der Waals surface area contributed by atoms with Crippen LogP contribution < -0.4 is 9.64 Å². The molecule has 3 rings (SSSR count). The van der Waals surface area contributed by atoms with Crippen LogP contribution in [0, 0.1) is 0 Å². The van der Waals surface area contributed by atoms with Crippen LogP contribution in [0.3, 0.4) is 0 Å². The topological polar surface area (TPSA) is 25.4 Å². The summed E-state index contributed by atoms with van der Waals surface area (Å²) in [6, 6.07) is 14.5. The van der Waals surface area contributed by atoms with Crippen LogP contribution in [0.15, 0.2) is 42.5 Å². The van der Waals surface area contributed by atoms with E-state index in [4.69, 9.17) is 9.72 Å². The molecule has 0 bridgehead atoms. The van der Waals surface area contributed by atoms with Crippen LogP contribution in [0.4, 0.5) is 5.69 Å². The molecule has 0 unspecified atom stereocenters. The first kappa shape index (κ1) is 11.8. The van der Waals surface area contributed by atoms with Gasteiger partial charge in [0.2, 0.25) is 0 Å². The van der Waals surface area contributed by atoms with Gasteiger partial charge in [-0.3, -0.25) is 0 Å². The lowest BCUT2D eigenvalue weighted by Gasteiger charge is -2.13. The van der Waals surface area contributed by atoms with Gasteiger partial charge in [0, 0.05) is 36.6 Å². The van der Waals surface area contributed by atoms with Crippen molar-refractivity contribution in [3.63, 3.8) is 0 Å². The Hall–Kier alpha value is -2.29. The summed E-state index contributed by atoms with van der Waals surface area (Å²) < 4.78 is 5.25. The normalized spacial score (nSPS) is 10.9. The van der Waals surface area contributed by atoms with Crippen molar-refractivity contribution in [2.75, 3.05) is 26.1 Å². The summed E-state index contributed by atoms with van der Waals surface area (Å²) in [6.07, 6.45) is 0. The Balaban J connectivity index is 2.26. The number of pyridine rings is 1. The van der Waals surface area contributed by atoms with Gasteiger partial charge in [-0.15, -0.1) is 0 Å². The molecular formula is C16H16N2O. The fourth-order valence-electron chi connectivity index (χ4n) is 2.20. The van der Waals surface area contributed by atoms with E-state index in [-0.39, 0.29) is 0 Å². The van der Waals surface area contributed by atoms with Gasteiger partial charge in [0.05, 0.1) is 18.1 Å². The summed E-state index contributed by atoms with van der Waals surface area (Å²) >= 11 is 0. The monoisotopic (exact) mass is 252 g/mol. The molecular weight excluding hydrogens is 236 g/mol. The van der Waals surface area contributed by atoms with Crippen molar-refractivity contribution in [3.05, 3.63) is 42.5 Å². The third kappa shape index (κ3) is 2.08. The Kier molecular flexibility index (Phi) is 2.75. The highest BCUT2D eigenvalue weighted by molar-refractivity contribution is 5.94. The molecule has 0 aliphatic rings. The predicted octanol–water partition coefficient (Wildman–Crippen LogP) is 3.46. The molecule has 0 radical (unpaired) electrons. The van der Waals surface area contributed by atoms with Gasteiger partial charge in [0.15, 0.2) is 0 Å². The second kappa shape index (κ2) is 4.43. The fourth-order valence-corrected chi connectivity index (χ4v) is 2.20. The van der Waals surface area contributed by atoms with Crippen LogP contribution in [-0.4, -0.2) is 26.2 Å². The lowest BCUT2D eigenvalue weighted by atomic mass is 10.1. The Bertz CT molecular complexity index is 750. The summed E-state index contributed by atoms with van der Waals surface area (Å²) in [4.78, 5) is 6.80. The van der Waals surface area contributed by atoms with E-state index in [9.17, 15) is 0 Å². The van der Waals surface area contributed by atoms with Crippen LogP contribution in [0.5, 0.6) is 5.75 Å². The lowest BCUT2D eigenvalue weighted by molar-refractivity contribution is 0.415. The van der Waals surface area contributed by atoms with Gasteiger partial charge in [-0.2, -0.15) is 0 Å². The molecule has 0 N–H and O–H groups in total. The largest absolute Gasteiger partial charge is 0.497 e. The zero-order chi connectivity index (χ0) is 13.4. The molecule has 19 heavy (non-hydrogen) atoms. The maximum absolute atomic E-state index is 5.25. The van der Waals surface area contributed by atoms with Crippen LogP contribution in [0.25, 0.3) is 21.8 Å². The Morgan fingerprint density at radius 2 is 1.58 bits per heavy atom. The zero-order valence-electron chi connectivity index (χ0n) is 11.3. The van der Waals surface area contributed by atoms with Crippen molar-refractivity contribution in [1.29, 1.82) is 0 Å². The molecule has 0 spiro atoms. The number of rotatable bonds is 2. The van der Waals surface area contributed by atoms with Crippen molar-refractivity contribution in [3.8, 4) is 5.75 Å². The van der Waals surface area contributed by atoms with Gasteiger partial charge in [-0.1, -0.05) is 6.07 Å². The minimum Gasteiger partial charge on any atom is -0.497 e. The van der Waals surface area contributed by atoms with Crippen molar-refractivity contribution >= 4 is 27.5 Å². The maximum atomic E-state index is 5.25. The summed E-state index contributed by atoms with van der Waals surface area (Å²) in [7, 11) is 5.74. The van der Waals surface area contributed by atoms with E-state index in [0.29, 0.717) is 0 Å². The quantitative estimate of drug-likeness (QED) is 0.653. The first-order valence-corrected chi connectivity index (χ1v) is 6.23. The van der Waals surface area contributed by atoms with E-state index in [1.54, 1.807) is 7.11 Å². The molecule has 0 saturated heterocycles. The number of nitrogens with zero attached hydrogens (tertiary/aromatic N) is 2. The fraction of sp³-hybridized carbons (Fsp3) is 0.188. The minimum atomic E-state index is 0.836. The molecule has 0 aliphatic heterocycles. The Morgan fingerprint density at radius 1 is 0.895 bits per heavy atom. The molecule has 3 heteroatoms. The predicted molar refractivity (Wildman–Crippen MR) is 80.1 cm³/mol. The number of ether oxygens (including phenoxy) is 1. The van der Waals surface area contributed by atoms with Gasteiger partial charge in [0.25, 0.3) is 0 Å². The number of hydrogen-bond donors (Lipinski definition) is 0. The van der Waals surface area contributed by atoms with Crippen molar-refractivity contribution in [2.24, 2.45) is 0 Å². The average Bonchev–Trinajstić information content (AvgIpc) is 2.43. The van der Waals surface area contributed by atoms with Gasteiger partial charge in [-0.25, -0.2) is 4.98 Å². The molecule has 3 nitrogen and oxygen atoms in total. The number of fused-ring (bicyclic) bond motifs is 2. The van der Waals surface area contributed by atoms with Gasteiger partial charge in [-0.05, 0) is 30.3 Å². The van der Waals surface area contributed by atoms with E-state index in [2.05, 4.69) is 29.2 Å². The number of benzene rings is 2. The summed E-state index contributed by atoms with van der Waals surface area (Å²) in [5, 5.41) is 2.29. The number of anilines is 1. The first-order chi connectivity index (χ1) is 9.17. The summed E-state index contributed by atoms with van der Waals surface area (Å²) in [5.41, 5.74) is 3.12. The van der Waals surface area contributed by atoms with Gasteiger partial charge < -0.3 is 9.64 Å². The summed E-state index contributed by atoms with van der Waals surface area (Å²) in [6.45, 7) is 0. The van der Waals surface area contributed by atoms with Crippen LogP contribution >= 0.6 is 0 Å². The average molecular weight is 252 g/mol. The molecule has 2 aromatic carbocycles. The SMILES string of the molecule is COc1ccc2cc3ccc(N(C)C)cc3nc2c1. The van der Waals surface area contributed by atoms with Crippen LogP contribution in [-0.2, 0) is 0 Å². The molecule has 96 valence electrons. The second-order valence-electron chi connectivity index (χ2n) is 4.82. The second-order valence-corrected chi connectivity index (χ2v) is 4.82. The van der Waals surface area contributed by atoms with Crippen molar-refractivity contribution in [1.82, 2.24) is 4.98 Å². The van der Waals surface area contributed by atoms with Gasteiger partial charge >= 0.3 is 0 Å². The highest BCUT2D eigenvalue weighted by Crippen LogP contribution is 2.25. The van der Waals surface area contributed by atoms with E-state index in [1.165, 1.54) is 0 Å². The number of methoxy groups -OCH3 is 1. The van der Waals surface area contributed by atoms with E-state index >= 15 is 0 Å². The number of aromatic nitrogens is 1. The highest BCUT2D eigenvalue weighted by atomic mass is 16.5. The van der Waals surface area contributed by atoms with E-state index in [0.717, 1.165) is 33.2 Å². The molecule has 0 atom stereocenters. The highest BCUT2D eigenvalue weighted by Gasteiger charge is 2.03. The molecule has 3 aromatic rings. The smallest absolute Gasteiger partial charge is 0.121 e.